The van der Waals surface area contributed by atoms with E-state index < -0.39 is 5.97 Å². The highest BCUT2D eigenvalue weighted by Crippen LogP contribution is 2.28. The average molecular weight is 686 g/mol. The summed E-state index contributed by atoms with van der Waals surface area (Å²) >= 11 is 0. The van der Waals surface area contributed by atoms with E-state index in [4.69, 9.17) is 16.6 Å². The second-order valence-corrected chi connectivity index (χ2v) is 13.2. The van der Waals surface area contributed by atoms with Crippen LogP contribution in [0.4, 0.5) is 5.69 Å². The van der Waals surface area contributed by atoms with Crippen molar-refractivity contribution in [1.82, 2.24) is 0 Å². The number of anilines is 1. The molecule has 5 aromatic carbocycles. The third-order valence-electron chi connectivity index (χ3n) is 9.39. The molecular weight excluding hydrogens is 639 g/mol. The summed E-state index contributed by atoms with van der Waals surface area (Å²) in [7, 11) is 2.16. The molecule has 5 aromatic rings. The number of nitrogens with zero attached hydrogens (tertiary/aromatic N) is 3. The quantitative estimate of drug-likeness (QED) is 0.0423. The van der Waals surface area contributed by atoms with Gasteiger partial charge in [-0.3, -0.25) is 4.79 Å². The first kappa shape index (κ1) is 37.3. The maximum absolute atomic E-state index is 12.6. The van der Waals surface area contributed by atoms with E-state index >= 15 is 0 Å². The van der Waals surface area contributed by atoms with Gasteiger partial charge in [0.2, 0.25) is 0 Å². The van der Waals surface area contributed by atoms with Crippen molar-refractivity contribution in [2.75, 3.05) is 25.1 Å². The number of aryl methyl sites for hydroxylation is 1. The predicted molar refractivity (Wildman–Crippen MR) is 214 cm³/mol. The smallest absolute Gasteiger partial charge is 0.336 e. The Bertz CT molecular complexity index is 1980. The molecule has 0 aromatic heterocycles. The highest BCUT2D eigenvalue weighted by molar-refractivity contribution is 5.95. The summed E-state index contributed by atoms with van der Waals surface area (Å²) in [5.74, 6) is -0.584. The molecule has 5 nitrogen and oxygen atoms in total. The van der Waals surface area contributed by atoms with Crippen molar-refractivity contribution in [2.24, 2.45) is 0 Å². The summed E-state index contributed by atoms with van der Waals surface area (Å²) in [6.07, 6.45) is 10.3. The number of ether oxygens (including phenoxy) is 1. The highest BCUT2D eigenvalue weighted by Gasteiger charge is 2.12. The minimum Gasteiger partial charge on any atom is -0.471 e. The molecule has 0 amide bonds. The maximum atomic E-state index is 12.6. The normalized spacial score (nSPS) is 11.0. The van der Waals surface area contributed by atoms with Gasteiger partial charge in [-0.05, 0) is 107 Å². The van der Waals surface area contributed by atoms with Crippen molar-refractivity contribution in [2.45, 2.75) is 58.3 Å². The largest absolute Gasteiger partial charge is 0.471 e. The lowest BCUT2D eigenvalue weighted by Gasteiger charge is -2.19. The van der Waals surface area contributed by atoms with Gasteiger partial charge < -0.3 is 9.64 Å². The Balaban J connectivity index is 1.05. The topological polar surface area (TPSA) is 57.7 Å². The fourth-order valence-electron chi connectivity index (χ4n) is 6.18. The molecule has 0 N–H and O–H groups in total. The average Bonchev–Trinajstić information content (AvgIpc) is 3.20. The van der Waals surface area contributed by atoms with Crippen LogP contribution >= 0.6 is 0 Å². The lowest BCUT2D eigenvalue weighted by atomic mass is 9.99. The molecule has 0 bridgehead atoms. The van der Waals surface area contributed by atoms with Crippen molar-refractivity contribution < 1.29 is 9.53 Å². The molecule has 0 aliphatic heterocycles. The number of nitriles is 1. The number of esters is 1. The monoisotopic (exact) mass is 685 g/mol. The molecule has 0 aliphatic carbocycles. The lowest BCUT2D eigenvalue weighted by molar-refractivity contribution is -0.138. The maximum Gasteiger partial charge on any atom is 0.336 e. The summed E-state index contributed by atoms with van der Waals surface area (Å²) in [6.45, 7) is 11.2. The Morgan fingerprint density at radius 1 is 0.692 bits per heavy atom. The number of hydrogen-bond acceptors (Lipinski definition) is 4. The molecule has 0 saturated carbocycles. The van der Waals surface area contributed by atoms with Gasteiger partial charge in [0.25, 0.3) is 5.70 Å². The van der Waals surface area contributed by atoms with Crippen molar-refractivity contribution in [3.8, 4) is 39.4 Å². The first-order valence-electron chi connectivity index (χ1n) is 18.3. The van der Waals surface area contributed by atoms with Crippen LogP contribution in [0.5, 0.6) is 0 Å². The number of carbonyl (C=O) groups excluding carboxylic acids is 1. The van der Waals surface area contributed by atoms with Crippen molar-refractivity contribution in [1.29, 1.82) is 5.26 Å². The van der Waals surface area contributed by atoms with Gasteiger partial charge in [0, 0.05) is 19.3 Å². The van der Waals surface area contributed by atoms with E-state index in [1.165, 1.54) is 48.1 Å². The Morgan fingerprint density at radius 2 is 1.19 bits per heavy atom. The number of hydrogen-bond donors (Lipinski definition) is 0. The lowest BCUT2D eigenvalue weighted by Crippen LogP contribution is -2.18. The van der Waals surface area contributed by atoms with E-state index in [-0.39, 0.29) is 5.70 Å². The SMILES string of the molecule is [C-]#[N+]C(=Cc1ccc(-c2ccc(-c3ccc(N(C)CCCCCC)cc3)cc2)cc1)C(=O)OCCCCCc1ccc(-c2ccc(C#N)cc2)cc1. The number of unbranched alkanes of at least 4 members (excludes halogenated alkanes) is 5. The first-order valence-corrected chi connectivity index (χ1v) is 18.3. The molecular formula is C47H47N3O2. The molecule has 0 radical (unpaired) electrons. The summed E-state index contributed by atoms with van der Waals surface area (Å²) < 4.78 is 5.44. The molecule has 0 fully saturated rings. The molecule has 52 heavy (non-hydrogen) atoms. The zero-order valence-corrected chi connectivity index (χ0v) is 30.4. The minimum absolute atomic E-state index is 0.0202. The van der Waals surface area contributed by atoms with Crippen LogP contribution in [0.25, 0.3) is 44.3 Å². The summed E-state index contributed by atoms with van der Waals surface area (Å²) in [6, 6.07) is 43.5. The van der Waals surface area contributed by atoms with Gasteiger partial charge in [0.05, 0.1) is 24.8 Å². The van der Waals surface area contributed by atoms with Gasteiger partial charge in [0.1, 0.15) is 0 Å². The van der Waals surface area contributed by atoms with Crippen LogP contribution in [0.3, 0.4) is 0 Å². The van der Waals surface area contributed by atoms with Crippen LogP contribution in [0.2, 0.25) is 0 Å². The number of carbonyl (C=O) groups is 1. The van der Waals surface area contributed by atoms with Gasteiger partial charge in [-0.25, -0.2) is 4.85 Å². The van der Waals surface area contributed by atoms with Crippen LogP contribution in [0.1, 0.15) is 68.6 Å². The summed E-state index contributed by atoms with van der Waals surface area (Å²) in [5.41, 5.74) is 10.7. The van der Waals surface area contributed by atoms with Crippen LogP contribution in [-0.2, 0) is 16.0 Å². The first-order chi connectivity index (χ1) is 25.5. The predicted octanol–water partition coefficient (Wildman–Crippen LogP) is 11.8. The second kappa shape index (κ2) is 19.5. The van der Waals surface area contributed by atoms with Gasteiger partial charge >= 0.3 is 5.97 Å². The van der Waals surface area contributed by atoms with Gasteiger partial charge in [0.15, 0.2) is 0 Å². The van der Waals surface area contributed by atoms with Crippen molar-refractivity contribution in [3.63, 3.8) is 0 Å². The highest BCUT2D eigenvalue weighted by atomic mass is 16.5. The standard InChI is InChI=1S/C47H47N3O2/c1-4-5-6-9-32-50(3)45-30-28-44(29-31-45)43-26-24-42(25-27-43)40-20-14-37(15-21-40)34-46(49-2)47(51)52-33-10-7-8-11-36-12-18-39(19-13-36)41-22-16-38(35-48)17-23-41/h12-31,34H,4-11,32-33H2,1,3H3. The summed E-state index contributed by atoms with van der Waals surface area (Å²) in [5, 5.41) is 9.00. The van der Waals surface area contributed by atoms with Crippen LogP contribution in [-0.4, -0.2) is 26.2 Å². The minimum atomic E-state index is -0.584. The third kappa shape index (κ3) is 10.8. The van der Waals surface area contributed by atoms with Gasteiger partial charge in [-0.2, -0.15) is 5.26 Å². The van der Waals surface area contributed by atoms with Crippen LogP contribution < -0.4 is 4.90 Å². The molecule has 5 heteroatoms. The Kier molecular flexibility index (Phi) is 14.0. The van der Waals surface area contributed by atoms with Crippen LogP contribution in [0, 0.1) is 17.9 Å². The molecule has 0 aliphatic rings. The fraction of sp³-hybridized carbons (Fsp3) is 0.255. The van der Waals surface area contributed by atoms with Gasteiger partial charge in [-0.15, -0.1) is 0 Å². The molecule has 0 spiro atoms. The fourth-order valence-corrected chi connectivity index (χ4v) is 6.18. The molecule has 0 unspecified atom stereocenters. The molecule has 0 heterocycles. The van der Waals surface area contributed by atoms with E-state index in [2.05, 4.69) is 103 Å². The van der Waals surface area contributed by atoms with Gasteiger partial charge in [-0.1, -0.05) is 123 Å². The van der Waals surface area contributed by atoms with Crippen LogP contribution in [0.15, 0.2) is 127 Å². The van der Waals surface area contributed by atoms with E-state index in [9.17, 15) is 4.79 Å². The second-order valence-electron chi connectivity index (χ2n) is 13.2. The molecule has 262 valence electrons. The Morgan fingerprint density at radius 3 is 1.73 bits per heavy atom. The third-order valence-corrected chi connectivity index (χ3v) is 9.39. The van der Waals surface area contributed by atoms with E-state index in [0.717, 1.165) is 60.0 Å². The van der Waals surface area contributed by atoms with Crippen molar-refractivity contribution in [3.05, 3.63) is 155 Å². The van der Waals surface area contributed by atoms with E-state index in [1.807, 2.05) is 48.5 Å². The molecule has 0 saturated heterocycles. The number of rotatable bonds is 17. The molecule has 5 rings (SSSR count). The number of benzene rings is 5. The zero-order chi connectivity index (χ0) is 36.5. The van der Waals surface area contributed by atoms with E-state index in [1.54, 1.807) is 6.08 Å². The Hall–Kier alpha value is -5.91. The summed E-state index contributed by atoms with van der Waals surface area (Å²) in [4.78, 5) is 18.4. The Labute approximate surface area is 309 Å². The van der Waals surface area contributed by atoms with E-state index in [0.29, 0.717) is 12.2 Å². The van der Waals surface area contributed by atoms with Crippen molar-refractivity contribution >= 4 is 17.7 Å². The molecule has 0 atom stereocenters. The zero-order valence-electron chi connectivity index (χ0n) is 30.4.